The number of primary amides is 1. The first kappa shape index (κ1) is 11.5. The van der Waals surface area contributed by atoms with Gasteiger partial charge in [0.25, 0.3) is 0 Å². The number of carbonyl (C=O) groups excluding carboxylic acids is 1. The van der Waals surface area contributed by atoms with Crippen molar-refractivity contribution in [2.45, 2.75) is 52.4 Å². The minimum Gasteiger partial charge on any atom is -0.370 e. The Balaban J connectivity index is 3.45. The second-order valence-electron chi connectivity index (χ2n) is 3.42. The summed E-state index contributed by atoms with van der Waals surface area (Å²) >= 11 is 0. The number of amides is 1. The normalized spacial score (nSPS) is 12.8. The minimum atomic E-state index is -0.162. The van der Waals surface area contributed by atoms with E-state index in [4.69, 9.17) is 5.73 Å². The first-order chi connectivity index (χ1) is 5.70. The predicted molar refractivity (Wildman–Crippen MR) is 51.7 cm³/mol. The number of hydrogen-bond donors (Lipinski definition) is 1. The largest absolute Gasteiger partial charge is 0.370 e. The van der Waals surface area contributed by atoms with Gasteiger partial charge in [-0.2, -0.15) is 0 Å². The summed E-state index contributed by atoms with van der Waals surface area (Å²) in [5.74, 6) is 0.544. The van der Waals surface area contributed by atoms with E-state index >= 15 is 0 Å². The lowest BCUT2D eigenvalue weighted by Crippen LogP contribution is -2.12. The summed E-state index contributed by atoms with van der Waals surface area (Å²) in [4.78, 5) is 10.5. The van der Waals surface area contributed by atoms with E-state index in [9.17, 15) is 4.79 Å². The highest BCUT2D eigenvalue weighted by atomic mass is 16.1. The van der Waals surface area contributed by atoms with Gasteiger partial charge in [-0.15, -0.1) is 0 Å². The van der Waals surface area contributed by atoms with Crippen molar-refractivity contribution in [1.82, 2.24) is 0 Å². The van der Waals surface area contributed by atoms with Gasteiger partial charge in [0, 0.05) is 6.42 Å². The van der Waals surface area contributed by atoms with Gasteiger partial charge in [-0.1, -0.05) is 39.5 Å². The molecular weight excluding hydrogens is 150 g/mol. The molecule has 72 valence electrons. The SMILES string of the molecule is CCCC[C@H](CC)CCC(N)=O. The summed E-state index contributed by atoms with van der Waals surface area (Å²) in [5, 5.41) is 0. The number of carbonyl (C=O) groups is 1. The Labute approximate surface area is 75.5 Å². The van der Waals surface area contributed by atoms with E-state index in [1.165, 1.54) is 25.7 Å². The fraction of sp³-hybridized carbons (Fsp3) is 0.900. The van der Waals surface area contributed by atoms with Crippen LogP contribution in [-0.4, -0.2) is 5.91 Å². The van der Waals surface area contributed by atoms with Crippen LogP contribution in [0.2, 0.25) is 0 Å². The average molecular weight is 171 g/mol. The van der Waals surface area contributed by atoms with Gasteiger partial charge in [0.15, 0.2) is 0 Å². The number of hydrogen-bond acceptors (Lipinski definition) is 1. The Kier molecular flexibility index (Phi) is 6.82. The molecule has 0 saturated carbocycles. The van der Waals surface area contributed by atoms with E-state index in [1.54, 1.807) is 0 Å². The molecule has 0 aliphatic heterocycles. The maximum atomic E-state index is 10.5. The maximum absolute atomic E-state index is 10.5. The van der Waals surface area contributed by atoms with Crippen LogP contribution in [0.15, 0.2) is 0 Å². The van der Waals surface area contributed by atoms with E-state index in [0.717, 1.165) is 6.42 Å². The zero-order chi connectivity index (χ0) is 9.40. The zero-order valence-corrected chi connectivity index (χ0v) is 8.31. The molecule has 0 bridgehead atoms. The maximum Gasteiger partial charge on any atom is 0.217 e. The molecule has 0 aliphatic rings. The predicted octanol–water partition coefficient (Wildman–Crippen LogP) is 2.47. The fourth-order valence-corrected chi connectivity index (χ4v) is 1.39. The first-order valence-electron chi connectivity index (χ1n) is 4.99. The highest BCUT2D eigenvalue weighted by molar-refractivity contribution is 5.73. The second kappa shape index (κ2) is 7.14. The van der Waals surface area contributed by atoms with Crippen LogP contribution in [0.3, 0.4) is 0 Å². The molecule has 0 spiro atoms. The minimum absolute atomic E-state index is 0.162. The molecule has 0 unspecified atom stereocenters. The van der Waals surface area contributed by atoms with Crippen molar-refractivity contribution >= 4 is 5.91 Å². The van der Waals surface area contributed by atoms with Crippen molar-refractivity contribution < 1.29 is 4.79 Å². The first-order valence-corrected chi connectivity index (χ1v) is 4.99. The van der Waals surface area contributed by atoms with E-state index in [2.05, 4.69) is 13.8 Å². The summed E-state index contributed by atoms with van der Waals surface area (Å²) in [6.45, 7) is 4.38. The highest BCUT2D eigenvalue weighted by Crippen LogP contribution is 2.17. The van der Waals surface area contributed by atoms with Gasteiger partial charge in [0.05, 0.1) is 0 Å². The van der Waals surface area contributed by atoms with E-state index in [1.807, 2.05) is 0 Å². The van der Waals surface area contributed by atoms with Crippen LogP contribution in [0.1, 0.15) is 52.4 Å². The molecule has 0 aliphatic carbocycles. The van der Waals surface area contributed by atoms with E-state index < -0.39 is 0 Å². The monoisotopic (exact) mass is 171 g/mol. The van der Waals surface area contributed by atoms with Crippen LogP contribution in [0, 0.1) is 5.92 Å². The Bertz CT molecular complexity index is 123. The van der Waals surface area contributed by atoms with Gasteiger partial charge in [0.2, 0.25) is 5.91 Å². The summed E-state index contributed by atoms with van der Waals surface area (Å²) in [6, 6.07) is 0. The van der Waals surface area contributed by atoms with Crippen molar-refractivity contribution in [3.63, 3.8) is 0 Å². The van der Waals surface area contributed by atoms with Gasteiger partial charge >= 0.3 is 0 Å². The van der Waals surface area contributed by atoms with E-state index in [-0.39, 0.29) is 5.91 Å². The number of rotatable bonds is 7. The smallest absolute Gasteiger partial charge is 0.217 e. The standard InChI is InChI=1S/C10H21NO/c1-3-5-6-9(4-2)7-8-10(11)12/h9H,3-8H2,1-2H3,(H2,11,12)/t9-/m0/s1. The molecule has 0 aromatic carbocycles. The third-order valence-electron chi connectivity index (χ3n) is 2.34. The molecule has 0 rings (SSSR count). The molecule has 1 atom stereocenters. The van der Waals surface area contributed by atoms with Gasteiger partial charge in [-0.25, -0.2) is 0 Å². The summed E-state index contributed by atoms with van der Waals surface area (Å²) in [5.41, 5.74) is 5.09. The van der Waals surface area contributed by atoms with E-state index in [0.29, 0.717) is 12.3 Å². The quantitative estimate of drug-likeness (QED) is 0.628. The van der Waals surface area contributed by atoms with Crippen LogP contribution in [-0.2, 0) is 4.79 Å². The Hall–Kier alpha value is -0.530. The van der Waals surface area contributed by atoms with Crippen molar-refractivity contribution in [2.24, 2.45) is 11.7 Å². The van der Waals surface area contributed by atoms with Crippen molar-refractivity contribution in [3.05, 3.63) is 0 Å². The van der Waals surface area contributed by atoms with Crippen molar-refractivity contribution in [3.8, 4) is 0 Å². The third-order valence-corrected chi connectivity index (χ3v) is 2.34. The molecule has 0 fully saturated rings. The molecule has 0 aromatic rings. The Morgan fingerprint density at radius 3 is 2.42 bits per heavy atom. The zero-order valence-electron chi connectivity index (χ0n) is 8.31. The van der Waals surface area contributed by atoms with Crippen LogP contribution >= 0.6 is 0 Å². The molecule has 0 radical (unpaired) electrons. The lowest BCUT2D eigenvalue weighted by molar-refractivity contribution is -0.118. The molecule has 2 heteroatoms. The highest BCUT2D eigenvalue weighted by Gasteiger charge is 2.06. The third kappa shape index (κ3) is 6.20. The van der Waals surface area contributed by atoms with Gasteiger partial charge in [0.1, 0.15) is 0 Å². The van der Waals surface area contributed by atoms with Crippen molar-refractivity contribution in [2.75, 3.05) is 0 Å². The van der Waals surface area contributed by atoms with Gasteiger partial charge < -0.3 is 5.73 Å². The average Bonchev–Trinajstić information content (AvgIpc) is 2.05. The lowest BCUT2D eigenvalue weighted by atomic mass is 9.94. The van der Waals surface area contributed by atoms with Crippen LogP contribution < -0.4 is 5.73 Å². The molecule has 12 heavy (non-hydrogen) atoms. The van der Waals surface area contributed by atoms with Crippen LogP contribution in [0.4, 0.5) is 0 Å². The fourth-order valence-electron chi connectivity index (χ4n) is 1.39. The summed E-state index contributed by atoms with van der Waals surface area (Å²) in [7, 11) is 0. The topological polar surface area (TPSA) is 43.1 Å². The number of unbranched alkanes of at least 4 members (excludes halogenated alkanes) is 1. The molecule has 2 N–H and O–H groups in total. The van der Waals surface area contributed by atoms with Gasteiger partial charge in [-0.3, -0.25) is 4.79 Å². The number of nitrogens with two attached hydrogens (primary N) is 1. The molecule has 1 amide bonds. The Morgan fingerprint density at radius 2 is 2.00 bits per heavy atom. The lowest BCUT2D eigenvalue weighted by Gasteiger charge is -2.12. The molecule has 0 aromatic heterocycles. The van der Waals surface area contributed by atoms with Gasteiger partial charge in [-0.05, 0) is 12.3 Å². The Morgan fingerprint density at radius 1 is 1.33 bits per heavy atom. The van der Waals surface area contributed by atoms with Crippen molar-refractivity contribution in [1.29, 1.82) is 0 Å². The molecule has 2 nitrogen and oxygen atoms in total. The van der Waals surface area contributed by atoms with Crippen LogP contribution in [0.5, 0.6) is 0 Å². The molecular formula is C10H21NO. The molecule has 0 saturated heterocycles. The van der Waals surface area contributed by atoms with Crippen LogP contribution in [0.25, 0.3) is 0 Å². The summed E-state index contributed by atoms with van der Waals surface area (Å²) in [6.07, 6.45) is 6.48. The molecule has 0 heterocycles. The second-order valence-corrected chi connectivity index (χ2v) is 3.42. The summed E-state index contributed by atoms with van der Waals surface area (Å²) < 4.78 is 0.